The van der Waals surface area contributed by atoms with Crippen LogP contribution in [-0.2, 0) is 0 Å². The highest BCUT2D eigenvalue weighted by atomic mass is 19.1. The van der Waals surface area contributed by atoms with Crippen molar-refractivity contribution in [3.63, 3.8) is 0 Å². The molecule has 0 saturated carbocycles. The van der Waals surface area contributed by atoms with E-state index in [1.165, 1.54) is 6.07 Å². The van der Waals surface area contributed by atoms with Crippen LogP contribution in [0.25, 0.3) is 0 Å². The third-order valence-corrected chi connectivity index (χ3v) is 3.23. The molecule has 0 aliphatic rings. The summed E-state index contributed by atoms with van der Waals surface area (Å²) in [6, 6.07) is 4.92. The summed E-state index contributed by atoms with van der Waals surface area (Å²) in [6.45, 7) is 8.88. The van der Waals surface area contributed by atoms with Gasteiger partial charge in [0.05, 0.1) is 0 Å². The fraction of sp³-hybridized carbons (Fsp3) is 0.625. The summed E-state index contributed by atoms with van der Waals surface area (Å²) in [4.78, 5) is 4.38. The first-order valence-corrected chi connectivity index (χ1v) is 7.26. The Morgan fingerprint density at radius 2 is 1.80 bits per heavy atom. The molecular weight excluding hydrogens is 253 g/mol. The van der Waals surface area contributed by atoms with Gasteiger partial charge in [-0.2, -0.15) is 0 Å². The highest BCUT2D eigenvalue weighted by Gasteiger charge is 2.18. The molecule has 0 radical (unpaired) electrons. The monoisotopic (exact) mass is 281 g/mol. The van der Waals surface area contributed by atoms with Crippen LogP contribution in [0.5, 0.6) is 0 Å². The number of nitrogens with zero attached hydrogens (tertiary/aromatic N) is 2. The zero-order chi connectivity index (χ0) is 15.3. The quantitative estimate of drug-likeness (QED) is 0.834. The maximum atomic E-state index is 14.1. The molecule has 4 heteroatoms. The van der Waals surface area contributed by atoms with E-state index < -0.39 is 0 Å². The summed E-state index contributed by atoms with van der Waals surface area (Å²) in [5, 5.41) is 0. The van der Waals surface area contributed by atoms with E-state index in [0.29, 0.717) is 11.5 Å². The Bertz CT molecular complexity index is 416. The van der Waals surface area contributed by atoms with Crippen LogP contribution >= 0.6 is 0 Å². The molecule has 0 amide bonds. The summed E-state index contributed by atoms with van der Waals surface area (Å²) in [5.41, 5.74) is 7.51. The lowest BCUT2D eigenvalue weighted by Gasteiger charge is -2.31. The van der Waals surface area contributed by atoms with Crippen molar-refractivity contribution >= 4 is 5.69 Å². The topological polar surface area (TPSA) is 32.5 Å². The minimum Gasteiger partial charge on any atom is -0.370 e. The Labute approximate surface area is 122 Å². The molecule has 0 saturated heterocycles. The lowest BCUT2D eigenvalue weighted by atomic mass is 10.0. The predicted molar refractivity (Wildman–Crippen MR) is 84.6 cm³/mol. The third kappa shape index (κ3) is 4.76. The maximum Gasteiger partial charge on any atom is 0.130 e. The minimum atomic E-state index is -0.305. The molecule has 0 aliphatic heterocycles. The number of hydrogen-bond donors (Lipinski definition) is 1. The second-order valence-electron chi connectivity index (χ2n) is 6.10. The minimum absolute atomic E-state index is 0.212. The van der Waals surface area contributed by atoms with Crippen LogP contribution in [0, 0.1) is 11.7 Å². The van der Waals surface area contributed by atoms with Gasteiger partial charge in [-0.15, -0.1) is 0 Å². The molecule has 0 fully saturated rings. The summed E-state index contributed by atoms with van der Waals surface area (Å²) >= 11 is 0. The SMILES string of the molecule is CC(C)CN(CCN(C)C)c1cccc(F)c1C(C)N. The van der Waals surface area contributed by atoms with Crippen molar-refractivity contribution in [2.24, 2.45) is 11.7 Å². The van der Waals surface area contributed by atoms with Crippen molar-refractivity contribution in [1.29, 1.82) is 0 Å². The molecule has 20 heavy (non-hydrogen) atoms. The Hall–Kier alpha value is -1.13. The van der Waals surface area contributed by atoms with Crippen LogP contribution in [-0.4, -0.2) is 38.6 Å². The van der Waals surface area contributed by atoms with Gasteiger partial charge in [0, 0.05) is 36.9 Å². The van der Waals surface area contributed by atoms with Gasteiger partial charge in [0.25, 0.3) is 0 Å². The second-order valence-corrected chi connectivity index (χ2v) is 6.10. The number of rotatable bonds is 7. The fourth-order valence-corrected chi connectivity index (χ4v) is 2.32. The summed E-state index contributed by atoms with van der Waals surface area (Å²) in [6.07, 6.45) is 0. The van der Waals surface area contributed by atoms with E-state index in [1.807, 2.05) is 27.1 Å². The van der Waals surface area contributed by atoms with Crippen LogP contribution in [0.1, 0.15) is 32.4 Å². The van der Waals surface area contributed by atoms with Crippen LogP contribution in [0.15, 0.2) is 18.2 Å². The van der Waals surface area contributed by atoms with Crippen LogP contribution < -0.4 is 10.6 Å². The van der Waals surface area contributed by atoms with E-state index in [0.717, 1.165) is 25.3 Å². The highest BCUT2D eigenvalue weighted by Crippen LogP contribution is 2.28. The smallest absolute Gasteiger partial charge is 0.130 e. The highest BCUT2D eigenvalue weighted by molar-refractivity contribution is 5.55. The van der Waals surface area contributed by atoms with Crippen molar-refractivity contribution < 1.29 is 4.39 Å². The van der Waals surface area contributed by atoms with Crippen LogP contribution in [0.2, 0.25) is 0 Å². The normalized spacial score (nSPS) is 13.1. The van der Waals surface area contributed by atoms with Crippen LogP contribution in [0.3, 0.4) is 0 Å². The molecule has 114 valence electrons. The van der Waals surface area contributed by atoms with Crippen molar-refractivity contribution in [3.05, 3.63) is 29.6 Å². The molecule has 1 aromatic carbocycles. The van der Waals surface area contributed by atoms with E-state index in [9.17, 15) is 4.39 Å². The molecule has 0 aromatic heterocycles. The Morgan fingerprint density at radius 3 is 2.30 bits per heavy atom. The Balaban J connectivity index is 3.09. The van der Waals surface area contributed by atoms with Gasteiger partial charge in [-0.25, -0.2) is 4.39 Å². The molecule has 1 unspecified atom stereocenters. The molecule has 1 rings (SSSR count). The maximum absolute atomic E-state index is 14.1. The number of halogens is 1. The zero-order valence-corrected chi connectivity index (χ0v) is 13.4. The summed E-state index contributed by atoms with van der Waals surface area (Å²) in [5.74, 6) is 0.303. The third-order valence-electron chi connectivity index (χ3n) is 3.23. The van der Waals surface area contributed by atoms with Crippen molar-refractivity contribution in [2.45, 2.75) is 26.8 Å². The summed E-state index contributed by atoms with van der Waals surface area (Å²) < 4.78 is 14.1. The largest absolute Gasteiger partial charge is 0.370 e. The molecular formula is C16H28FN3. The predicted octanol–water partition coefficient (Wildman–Crippen LogP) is 2.87. The fourth-order valence-electron chi connectivity index (χ4n) is 2.32. The molecule has 0 heterocycles. The van der Waals surface area contributed by atoms with Gasteiger partial charge in [-0.1, -0.05) is 19.9 Å². The molecule has 0 bridgehead atoms. The number of anilines is 1. The lowest BCUT2D eigenvalue weighted by Crippen LogP contribution is -2.35. The molecule has 3 nitrogen and oxygen atoms in total. The van der Waals surface area contributed by atoms with E-state index in [1.54, 1.807) is 6.07 Å². The summed E-state index contributed by atoms with van der Waals surface area (Å²) in [7, 11) is 4.09. The van der Waals surface area contributed by atoms with Gasteiger partial charge >= 0.3 is 0 Å². The molecule has 0 aliphatic carbocycles. The number of nitrogens with two attached hydrogens (primary N) is 1. The van der Waals surface area contributed by atoms with E-state index in [2.05, 4.69) is 23.6 Å². The van der Waals surface area contributed by atoms with E-state index in [-0.39, 0.29) is 11.9 Å². The van der Waals surface area contributed by atoms with Crippen LogP contribution in [0.4, 0.5) is 10.1 Å². The van der Waals surface area contributed by atoms with Gasteiger partial charge in [0.1, 0.15) is 5.82 Å². The first kappa shape index (κ1) is 16.9. The van der Waals surface area contributed by atoms with Gasteiger partial charge in [-0.3, -0.25) is 0 Å². The van der Waals surface area contributed by atoms with Gasteiger partial charge < -0.3 is 15.5 Å². The zero-order valence-electron chi connectivity index (χ0n) is 13.4. The number of likely N-dealkylation sites (N-methyl/N-ethyl adjacent to an activating group) is 1. The van der Waals surface area contributed by atoms with Crippen molar-refractivity contribution in [1.82, 2.24) is 4.90 Å². The van der Waals surface area contributed by atoms with Gasteiger partial charge in [-0.05, 0) is 39.1 Å². The standard InChI is InChI=1S/C16H28FN3/c1-12(2)11-20(10-9-19(4)5)15-8-6-7-14(17)16(15)13(3)18/h6-8,12-13H,9-11,18H2,1-5H3. The number of hydrogen-bond acceptors (Lipinski definition) is 3. The molecule has 1 atom stereocenters. The van der Waals surface area contributed by atoms with E-state index in [4.69, 9.17) is 5.73 Å². The van der Waals surface area contributed by atoms with Gasteiger partial charge in [0.15, 0.2) is 0 Å². The molecule has 0 spiro atoms. The van der Waals surface area contributed by atoms with Crippen molar-refractivity contribution in [3.8, 4) is 0 Å². The average Bonchev–Trinajstić information content (AvgIpc) is 2.33. The van der Waals surface area contributed by atoms with Crippen molar-refractivity contribution in [2.75, 3.05) is 38.6 Å². The first-order chi connectivity index (χ1) is 9.32. The molecule has 1 aromatic rings. The van der Waals surface area contributed by atoms with Gasteiger partial charge in [0.2, 0.25) is 0 Å². The second kappa shape index (κ2) is 7.60. The Morgan fingerprint density at radius 1 is 1.15 bits per heavy atom. The lowest BCUT2D eigenvalue weighted by molar-refractivity contribution is 0.408. The first-order valence-electron chi connectivity index (χ1n) is 7.26. The Kier molecular flexibility index (Phi) is 6.43. The van der Waals surface area contributed by atoms with E-state index >= 15 is 0 Å². The molecule has 2 N–H and O–H groups in total. The number of benzene rings is 1. The average molecular weight is 281 g/mol.